The van der Waals surface area contributed by atoms with E-state index in [1.807, 2.05) is 0 Å². The quantitative estimate of drug-likeness (QED) is 0.314. The zero-order valence-electron chi connectivity index (χ0n) is 5.02. The van der Waals surface area contributed by atoms with Crippen molar-refractivity contribution in [3.8, 4) is 0 Å². The number of hydrogen-bond donors (Lipinski definition) is 3. The van der Waals surface area contributed by atoms with Gasteiger partial charge in [0.2, 0.25) is 0 Å². The second-order valence-corrected chi connectivity index (χ2v) is 2.13. The summed E-state index contributed by atoms with van der Waals surface area (Å²) in [7, 11) is 0. The fraction of sp³-hybridized carbons (Fsp3) is 0. The van der Waals surface area contributed by atoms with Crippen LogP contribution in [0.1, 0.15) is 0 Å². The van der Waals surface area contributed by atoms with Gasteiger partial charge in [-0.1, -0.05) is 11.6 Å². The monoisotopic (exact) mass is 159 g/mol. The molecule has 1 heterocycles. The lowest BCUT2D eigenvalue weighted by Gasteiger charge is -1.97. The summed E-state index contributed by atoms with van der Waals surface area (Å²) in [6, 6.07) is 2.58. The summed E-state index contributed by atoms with van der Waals surface area (Å²) in [6.07, 6.45) is 0. The van der Waals surface area contributed by atoms with Crippen molar-refractivity contribution in [2.24, 2.45) is 5.84 Å². The minimum absolute atomic E-state index is 0.184. The van der Waals surface area contributed by atoms with Crippen LogP contribution in [0.5, 0.6) is 0 Å². The number of H-pyrrole nitrogens is 1. The molecule has 5 heteroatoms. The molecule has 0 aliphatic heterocycles. The first-order chi connectivity index (χ1) is 4.72. The summed E-state index contributed by atoms with van der Waals surface area (Å²) in [5, 5.41) is 0.264. The first-order valence-corrected chi connectivity index (χ1v) is 2.96. The average Bonchev–Trinajstić information content (AvgIpc) is 1.85. The van der Waals surface area contributed by atoms with Gasteiger partial charge in [-0.2, -0.15) is 0 Å². The third-order valence-corrected chi connectivity index (χ3v) is 1.17. The zero-order chi connectivity index (χ0) is 7.56. The summed E-state index contributed by atoms with van der Waals surface area (Å²) in [4.78, 5) is 13.3. The SMILES string of the molecule is NNc1cc(=O)cc(Cl)[nH]1. The molecule has 0 amide bonds. The molecule has 0 atom stereocenters. The Morgan fingerprint density at radius 1 is 1.60 bits per heavy atom. The molecule has 0 aromatic carbocycles. The highest BCUT2D eigenvalue weighted by Gasteiger charge is 1.92. The minimum Gasteiger partial charge on any atom is -0.331 e. The number of aromatic nitrogens is 1. The van der Waals surface area contributed by atoms with Crippen molar-refractivity contribution in [3.05, 3.63) is 27.5 Å². The molecule has 4 N–H and O–H groups in total. The predicted octanol–water partition coefficient (Wildman–Crippen LogP) is 0.314. The number of halogens is 1. The van der Waals surface area contributed by atoms with Crippen LogP contribution in [0.15, 0.2) is 16.9 Å². The number of nitrogens with one attached hydrogen (secondary N) is 2. The lowest BCUT2D eigenvalue weighted by Crippen LogP contribution is -2.11. The van der Waals surface area contributed by atoms with E-state index in [1.165, 1.54) is 12.1 Å². The van der Waals surface area contributed by atoms with Gasteiger partial charge in [-0.15, -0.1) is 0 Å². The van der Waals surface area contributed by atoms with Crippen molar-refractivity contribution < 1.29 is 0 Å². The van der Waals surface area contributed by atoms with Gasteiger partial charge in [0.05, 0.1) is 0 Å². The summed E-state index contributed by atoms with van der Waals surface area (Å²) >= 11 is 5.48. The number of pyridine rings is 1. The fourth-order valence-electron chi connectivity index (χ4n) is 0.587. The number of rotatable bonds is 1. The number of anilines is 1. The molecule has 0 saturated heterocycles. The van der Waals surface area contributed by atoms with Gasteiger partial charge < -0.3 is 10.4 Å². The molecule has 0 unspecified atom stereocenters. The molecular weight excluding hydrogens is 154 g/mol. The molecule has 0 aliphatic rings. The van der Waals surface area contributed by atoms with Crippen LogP contribution in [-0.2, 0) is 0 Å². The number of aromatic amines is 1. The van der Waals surface area contributed by atoms with E-state index in [0.29, 0.717) is 5.82 Å². The van der Waals surface area contributed by atoms with Crippen LogP contribution in [0.3, 0.4) is 0 Å². The molecule has 1 rings (SSSR count). The van der Waals surface area contributed by atoms with Crippen molar-refractivity contribution in [1.29, 1.82) is 0 Å². The van der Waals surface area contributed by atoms with E-state index in [0.717, 1.165) is 0 Å². The van der Waals surface area contributed by atoms with Crippen LogP contribution < -0.4 is 16.7 Å². The maximum Gasteiger partial charge on any atom is 0.185 e. The van der Waals surface area contributed by atoms with Crippen molar-refractivity contribution in [2.45, 2.75) is 0 Å². The highest BCUT2D eigenvalue weighted by atomic mass is 35.5. The lowest BCUT2D eigenvalue weighted by molar-refractivity contribution is 1.22. The third kappa shape index (κ3) is 1.49. The van der Waals surface area contributed by atoms with Crippen LogP contribution in [0.4, 0.5) is 5.82 Å². The Hall–Kier alpha value is -1.00. The highest BCUT2D eigenvalue weighted by Crippen LogP contribution is 2.03. The van der Waals surface area contributed by atoms with E-state index < -0.39 is 0 Å². The largest absolute Gasteiger partial charge is 0.331 e. The topological polar surface area (TPSA) is 70.9 Å². The Bertz CT molecular complexity index is 282. The van der Waals surface area contributed by atoms with E-state index >= 15 is 0 Å². The Labute approximate surface area is 62.0 Å². The first-order valence-electron chi connectivity index (χ1n) is 2.59. The molecule has 4 nitrogen and oxygen atoms in total. The number of nitrogens with two attached hydrogens (primary N) is 1. The van der Waals surface area contributed by atoms with Crippen molar-refractivity contribution in [3.63, 3.8) is 0 Å². The number of hydrogen-bond acceptors (Lipinski definition) is 3. The Morgan fingerprint density at radius 3 is 2.80 bits per heavy atom. The zero-order valence-corrected chi connectivity index (χ0v) is 5.77. The predicted molar refractivity (Wildman–Crippen MR) is 39.9 cm³/mol. The maximum absolute atomic E-state index is 10.7. The molecule has 0 aliphatic carbocycles. The standard InChI is InChI=1S/C5H6ClN3O/c6-4-1-3(10)2-5(8-4)9-7/h1-2H,7H2,(H2,8,9,10). The molecule has 1 aromatic heterocycles. The third-order valence-electron chi connectivity index (χ3n) is 0.965. The van der Waals surface area contributed by atoms with E-state index in [9.17, 15) is 4.79 Å². The molecule has 0 spiro atoms. The van der Waals surface area contributed by atoms with Gasteiger partial charge in [0, 0.05) is 12.1 Å². The van der Waals surface area contributed by atoms with E-state index in [2.05, 4.69) is 10.4 Å². The summed E-state index contributed by atoms with van der Waals surface area (Å²) in [5.74, 6) is 5.41. The normalized spacial score (nSPS) is 9.40. The van der Waals surface area contributed by atoms with Gasteiger partial charge in [0.25, 0.3) is 0 Å². The van der Waals surface area contributed by atoms with E-state index in [-0.39, 0.29) is 10.6 Å². The minimum atomic E-state index is -0.184. The van der Waals surface area contributed by atoms with Gasteiger partial charge in [-0.05, 0) is 0 Å². The Balaban J connectivity index is 3.19. The second-order valence-electron chi connectivity index (χ2n) is 1.72. The van der Waals surface area contributed by atoms with Gasteiger partial charge in [-0.3, -0.25) is 4.79 Å². The van der Waals surface area contributed by atoms with Gasteiger partial charge in [0.1, 0.15) is 11.0 Å². The van der Waals surface area contributed by atoms with Crippen LogP contribution in [0, 0.1) is 0 Å². The van der Waals surface area contributed by atoms with Gasteiger partial charge in [-0.25, -0.2) is 5.84 Å². The molecule has 10 heavy (non-hydrogen) atoms. The molecule has 0 fully saturated rings. The van der Waals surface area contributed by atoms with Crippen LogP contribution in [0.2, 0.25) is 5.15 Å². The van der Waals surface area contributed by atoms with Crippen LogP contribution in [0.25, 0.3) is 0 Å². The smallest absolute Gasteiger partial charge is 0.185 e. The van der Waals surface area contributed by atoms with Crippen molar-refractivity contribution >= 4 is 17.4 Å². The lowest BCUT2D eigenvalue weighted by atomic mass is 10.4. The van der Waals surface area contributed by atoms with Crippen LogP contribution >= 0.6 is 11.6 Å². The van der Waals surface area contributed by atoms with E-state index in [4.69, 9.17) is 17.4 Å². The molecule has 1 aromatic rings. The fourth-order valence-corrected chi connectivity index (χ4v) is 0.797. The molecule has 0 radical (unpaired) electrons. The summed E-state index contributed by atoms with van der Waals surface area (Å²) in [5.41, 5.74) is 2.09. The molecular formula is C5H6ClN3O. The Morgan fingerprint density at radius 2 is 2.30 bits per heavy atom. The van der Waals surface area contributed by atoms with E-state index in [1.54, 1.807) is 0 Å². The summed E-state index contributed by atoms with van der Waals surface area (Å²) in [6.45, 7) is 0. The molecule has 0 saturated carbocycles. The van der Waals surface area contributed by atoms with Gasteiger partial charge in [0.15, 0.2) is 5.43 Å². The first kappa shape index (κ1) is 7.11. The summed E-state index contributed by atoms with van der Waals surface area (Å²) < 4.78 is 0. The van der Waals surface area contributed by atoms with Crippen molar-refractivity contribution in [2.75, 3.05) is 5.43 Å². The highest BCUT2D eigenvalue weighted by molar-refractivity contribution is 6.29. The molecule has 0 bridgehead atoms. The molecule has 54 valence electrons. The van der Waals surface area contributed by atoms with Crippen molar-refractivity contribution in [1.82, 2.24) is 4.98 Å². The second kappa shape index (κ2) is 2.72. The maximum atomic E-state index is 10.7. The van der Waals surface area contributed by atoms with Gasteiger partial charge >= 0.3 is 0 Å². The number of hydrazine groups is 1. The Kier molecular flexibility index (Phi) is 1.94. The average molecular weight is 160 g/mol. The van der Waals surface area contributed by atoms with Crippen LogP contribution in [-0.4, -0.2) is 4.98 Å². The number of nitrogen functional groups attached to an aromatic ring is 1.